The molecule has 2 aliphatic carbocycles. The molecule has 8 rings (SSSR count). The van der Waals surface area contributed by atoms with Crippen LogP contribution < -0.4 is 10.1 Å². The standard InChI is InChI=1S/C36H39N7O4/c1-40(18-21-8-5-4-6-9-21)27-16-25-20-43(32(27)30(25)39-36(45)46)35(44)24-14-26-31(29(17-24)47-3)41(2)34(38-26)28-15-23-10-7-13-37-33(23)42(28)19-22-11-12-22/h4-10,13-15,17,22,25,27,30,32,39H,11-12,16,18-20H2,1-3H3,(H,45,46)/t25-,27+,30-,32-/m1/s1. The number of piperidine rings is 1. The van der Waals surface area contributed by atoms with Crippen molar-refractivity contribution in [1.82, 2.24) is 34.2 Å². The second-order valence-corrected chi connectivity index (χ2v) is 13.4. The Labute approximate surface area is 272 Å². The third-order valence-corrected chi connectivity index (χ3v) is 10.4. The Kier molecular flexibility index (Phi) is 7.16. The molecule has 2 bridgehead atoms. The average molecular weight is 634 g/mol. The summed E-state index contributed by atoms with van der Waals surface area (Å²) in [5.74, 6) is 1.88. The van der Waals surface area contributed by atoms with Crippen LogP contribution in [-0.4, -0.2) is 84.8 Å². The fraction of sp³-hybridized carbons (Fsp3) is 0.389. The minimum atomic E-state index is -1.07. The van der Waals surface area contributed by atoms with Gasteiger partial charge in [0.2, 0.25) is 0 Å². The van der Waals surface area contributed by atoms with E-state index in [2.05, 4.69) is 46.1 Å². The molecule has 3 fully saturated rings. The highest BCUT2D eigenvalue weighted by Crippen LogP contribution is 2.43. The number of carboxylic acid groups (broad SMARTS) is 1. The molecule has 0 radical (unpaired) electrons. The van der Waals surface area contributed by atoms with Gasteiger partial charge in [0.15, 0.2) is 5.82 Å². The number of benzene rings is 2. The minimum Gasteiger partial charge on any atom is -0.494 e. The molecule has 2 aromatic carbocycles. The highest BCUT2D eigenvalue weighted by atomic mass is 16.5. The molecule has 1 aliphatic heterocycles. The van der Waals surface area contributed by atoms with E-state index in [1.54, 1.807) is 13.2 Å². The van der Waals surface area contributed by atoms with Gasteiger partial charge < -0.3 is 29.2 Å². The molecular weight excluding hydrogens is 594 g/mol. The average Bonchev–Trinajstić information content (AvgIpc) is 3.45. The molecule has 3 aliphatic rings. The second kappa shape index (κ2) is 11.4. The smallest absolute Gasteiger partial charge is 0.404 e. The molecule has 4 atom stereocenters. The molecule has 242 valence electrons. The van der Waals surface area contributed by atoms with Gasteiger partial charge in [-0.2, -0.15) is 0 Å². The monoisotopic (exact) mass is 633 g/mol. The largest absolute Gasteiger partial charge is 0.494 e. The number of imidazole rings is 1. The van der Waals surface area contributed by atoms with E-state index in [-0.39, 0.29) is 30.0 Å². The number of methoxy groups -OCH3 is 1. The van der Waals surface area contributed by atoms with E-state index < -0.39 is 6.09 Å². The molecule has 11 nitrogen and oxygen atoms in total. The number of likely N-dealkylation sites (N-methyl/N-ethyl adjacent to an activating group) is 1. The van der Waals surface area contributed by atoms with Gasteiger partial charge in [0.25, 0.3) is 5.91 Å². The first-order valence-electron chi connectivity index (χ1n) is 16.3. The van der Waals surface area contributed by atoms with Crippen LogP contribution in [0.3, 0.4) is 0 Å². The number of nitrogens with one attached hydrogen (secondary N) is 1. The van der Waals surface area contributed by atoms with E-state index in [0.717, 1.165) is 41.0 Å². The van der Waals surface area contributed by atoms with Gasteiger partial charge >= 0.3 is 6.09 Å². The number of likely N-dealkylation sites (tertiary alicyclic amines) is 1. The van der Waals surface area contributed by atoms with Gasteiger partial charge in [0, 0.05) is 55.8 Å². The first kappa shape index (κ1) is 29.5. The van der Waals surface area contributed by atoms with Crippen molar-refractivity contribution in [3.63, 3.8) is 0 Å². The molecule has 0 unspecified atom stereocenters. The number of fused-ring (bicyclic) bond motifs is 4. The van der Waals surface area contributed by atoms with Crippen LogP contribution in [0.1, 0.15) is 35.2 Å². The van der Waals surface area contributed by atoms with Crippen LogP contribution in [0.5, 0.6) is 5.75 Å². The summed E-state index contributed by atoms with van der Waals surface area (Å²) in [5.41, 5.74) is 5.07. The Morgan fingerprint density at radius 1 is 1.11 bits per heavy atom. The number of aryl methyl sites for hydroxylation is 1. The number of carbonyl (C=O) groups excluding carboxylic acids is 1. The Morgan fingerprint density at radius 2 is 1.91 bits per heavy atom. The fourth-order valence-electron chi connectivity index (χ4n) is 8.07. The molecule has 2 amide bonds. The van der Waals surface area contributed by atoms with Gasteiger partial charge in [-0.05, 0) is 68.1 Å². The molecule has 0 spiro atoms. The lowest BCUT2D eigenvalue weighted by molar-refractivity contribution is 0.0543. The molecule has 2 saturated carbocycles. The zero-order valence-corrected chi connectivity index (χ0v) is 26.8. The first-order chi connectivity index (χ1) is 22.8. The fourth-order valence-corrected chi connectivity index (χ4v) is 8.07. The predicted molar refractivity (Wildman–Crippen MR) is 178 cm³/mol. The minimum absolute atomic E-state index is 0.00355. The normalized spacial score (nSPS) is 22.1. The van der Waals surface area contributed by atoms with E-state index in [9.17, 15) is 14.7 Å². The Balaban J connectivity index is 1.15. The topological polar surface area (TPSA) is 118 Å². The van der Waals surface area contributed by atoms with Crippen LogP contribution >= 0.6 is 0 Å². The third-order valence-electron chi connectivity index (χ3n) is 10.4. The number of pyridine rings is 1. The van der Waals surface area contributed by atoms with Crippen molar-refractivity contribution in [2.24, 2.45) is 18.9 Å². The summed E-state index contributed by atoms with van der Waals surface area (Å²) in [6.45, 7) is 2.09. The molecule has 5 aromatic rings. The van der Waals surface area contributed by atoms with Crippen LogP contribution in [0.2, 0.25) is 0 Å². The number of carbonyl (C=O) groups is 2. The number of nitrogens with zero attached hydrogens (tertiary/aromatic N) is 6. The lowest BCUT2D eigenvalue weighted by Crippen LogP contribution is -2.54. The summed E-state index contributed by atoms with van der Waals surface area (Å²) in [6.07, 6.45) is 4.02. The van der Waals surface area contributed by atoms with Crippen LogP contribution in [0.25, 0.3) is 33.6 Å². The number of aromatic nitrogens is 4. The van der Waals surface area contributed by atoms with Crippen molar-refractivity contribution in [2.45, 2.75) is 50.5 Å². The Hall–Kier alpha value is -4.90. The summed E-state index contributed by atoms with van der Waals surface area (Å²) >= 11 is 0. The summed E-state index contributed by atoms with van der Waals surface area (Å²) in [4.78, 5) is 40.2. The second-order valence-electron chi connectivity index (χ2n) is 13.4. The van der Waals surface area contributed by atoms with Crippen molar-refractivity contribution in [2.75, 3.05) is 20.7 Å². The summed E-state index contributed by atoms with van der Waals surface area (Å²) in [7, 11) is 5.65. The molecule has 3 aromatic heterocycles. The quantitative estimate of drug-likeness (QED) is 0.235. The first-order valence-corrected chi connectivity index (χ1v) is 16.3. The lowest BCUT2D eigenvalue weighted by Gasteiger charge is -2.38. The highest BCUT2D eigenvalue weighted by molar-refractivity contribution is 6.00. The number of amides is 2. The maximum absolute atomic E-state index is 14.4. The summed E-state index contributed by atoms with van der Waals surface area (Å²) < 4.78 is 10.2. The van der Waals surface area contributed by atoms with Gasteiger partial charge in [-0.25, -0.2) is 14.8 Å². The Morgan fingerprint density at radius 3 is 2.66 bits per heavy atom. The van der Waals surface area contributed by atoms with Gasteiger partial charge in [0.1, 0.15) is 16.9 Å². The summed E-state index contributed by atoms with van der Waals surface area (Å²) in [5, 5.41) is 13.5. The molecule has 11 heteroatoms. The predicted octanol–water partition coefficient (Wildman–Crippen LogP) is 4.99. The summed E-state index contributed by atoms with van der Waals surface area (Å²) in [6, 6.07) is 19.4. The van der Waals surface area contributed by atoms with E-state index >= 15 is 0 Å². The van der Waals surface area contributed by atoms with Crippen molar-refractivity contribution in [3.8, 4) is 17.3 Å². The number of rotatable bonds is 9. The van der Waals surface area contributed by atoms with Crippen molar-refractivity contribution in [3.05, 3.63) is 78.0 Å². The maximum Gasteiger partial charge on any atom is 0.404 e. The van der Waals surface area contributed by atoms with Crippen LogP contribution in [-0.2, 0) is 20.1 Å². The van der Waals surface area contributed by atoms with E-state index in [1.165, 1.54) is 18.4 Å². The van der Waals surface area contributed by atoms with Gasteiger partial charge in [-0.15, -0.1) is 0 Å². The van der Waals surface area contributed by atoms with Crippen molar-refractivity contribution < 1.29 is 19.4 Å². The van der Waals surface area contributed by atoms with Crippen LogP contribution in [0.4, 0.5) is 4.79 Å². The number of ether oxygens (including phenoxy) is 1. The number of hydrogen-bond acceptors (Lipinski definition) is 6. The SMILES string of the molecule is COc1cc(C(=O)N2C[C@H]3C[C@H](N(C)Cc4ccccc4)[C@@H]2[C@@H]3NC(=O)O)cc2nc(-c3cc4cccnc4n3CC3CC3)n(C)c12. The van der Waals surface area contributed by atoms with Crippen LogP contribution in [0.15, 0.2) is 66.9 Å². The van der Waals surface area contributed by atoms with Gasteiger partial charge in [0.05, 0.1) is 30.4 Å². The zero-order valence-electron chi connectivity index (χ0n) is 26.8. The lowest BCUT2D eigenvalue weighted by atomic mass is 10.0. The van der Waals surface area contributed by atoms with E-state index in [4.69, 9.17) is 14.7 Å². The molecule has 4 heterocycles. The van der Waals surface area contributed by atoms with Crippen molar-refractivity contribution >= 4 is 34.1 Å². The van der Waals surface area contributed by atoms with Crippen LogP contribution in [0, 0.1) is 11.8 Å². The molecule has 1 saturated heterocycles. The van der Waals surface area contributed by atoms with E-state index in [0.29, 0.717) is 35.8 Å². The molecule has 2 N–H and O–H groups in total. The molecule has 47 heavy (non-hydrogen) atoms. The van der Waals surface area contributed by atoms with Crippen molar-refractivity contribution in [1.29, 1.82) is 0 Å². The maximum atomic E-state index is 14.4. The number of hydrogen-bond donors (Lipinski definition) is 2. The third kappa shape index (κ3) is 5.09. The highest BCUT2D eigenvalue weighted by Gasteiger charge is 2.56. The Bertz CT molecular complexity index is 2000. The zero-order chi connectivity index (χ0) is 32.4. The van der Waals surface area contributed by atoms with Gasteiger partial charge in [-0.1, -0.05) is 30.3 Å². The van der Waals surface area contributed by atoms with Gasteiger partial charge in [-0.3, -0.25) is 9.69 Å². The van der Waals surface area contributed by atoms with E-state index in [1.807, 2.05) is 53.0 Å². The molecular formula is C36H39N7O4.